The van der Waals surface area contributed by atoms with Gasteiger partial charge in [0.15, 0.2) is 0 Å². The lowest BCUT2D eigenvalue weighted by molar-refractivity contribution is -0.145. The van der Waals surface area contributed by atoms with Crippen LogP contribution in [0.2, 0.25) is 0 Å². The number of nitrogens with zero attached hydrogens (tertiary/aromatic N) is 1. The number of hydrogen-bond donors (Lipinski definition) is 1. The molecule has 1 amide bonds. The second-order valence-corrected chi connectivity index (χ2v) is 8.80. The van der Waals surface area contributed by atoms with E-state index in [4.69, 9.17) is 14.2 Å². The largest absolute Gasteiger partial charge is 0.488 e. The number of methoxy groups -OCH3 is 1. The maximum Gasteiger partial charge on any atom is 0.410 e. The Morgan fingerprint density at radius 1 is 0.944 bits per heavy atom. The van der Waals surface area contributed by atoms with Crippen LogP contribution in [-0.2, 0) is 14.3 Å². The van der Waals surface area contributed by atoms with Crippen LogP contribution in [-0.4, -0.2) is 60.4 Å². The fraction of sp³-hybridized carbons (Fsp3) is 0.250. The molecule has 0 spiro atoms. The number of likely N-dealkylation sites (tertiary alicyclic amines) is 1. The lowest BCUT2D eigenvalue weighted by Crippen LogP contribution is -2.42. The maximum absolute atomic E-state index is 13.2. The number of carboxylic acid groups (broad SMARTS) is 1. The Hall–Kier alpha value is -4.33. The summed E-state index contributed by atoms with van der Waals surface area (Å²) in [6, 6.07) is 21.3. The predicted octanol–water partition coefficient (Wildman–Crippen LogP) is 4.33. The van der Waals surface area contributed by atoms with E-state index in [9.17, 15) is 19.5 Å². The van der Waals surface area contributed by atoms with Gasteiger partial charge < -0.3 is 19.3 Å². The van der Waals surface area contributed by atoms with E-state index >= 15 is 0 Å². The van der Waals surface area contributed by atoms with Gasteiger partial charge in [0.2, 0.25) is 0 Å². The van der Waals surface area contributed by atoms with Crippen molar-refractivity contribution in [1.29, 1.82) is 0 Å². The van der Waals surface area contributed by atoms with Crippen LogP contribution in [0.3, 0.4) is 0 Å². The summed E-state index contributed by atoms with van der Waals surface area (Å²) in [5, 5.41) is 9.22. The summed E-state index contributed by atoms with van der Waals surface area (Å²) in [5.74, 6) is -1.39. The topological polar surface area (TPSA) is 102 Å². The Balaban J connectivity index is 1.30. The van der Waals surface area contributed by atoms with E-state index in [1.54, 1.807) is 12.1 Å². The van der Waals surface area contributed by atoms with Gasteiger partial charge in [-0.2, -0.15) is 0 Å². The minimum absolute atomic E-state index is 0.0865. The molecule has 8 nitrogen and oxygen atoms in total. The smallest absolute Gasteiger partial charge is 0.410 e. The van der Waals surface area contributed by atoms with Crippen LogP contribution in [0.4, 0.5) is 4.79 Å². The highest BCUT2D eigenvalue weighted by Crippen LogP contribution is 2.44. The summed E-state index contributed by atoms with van der Waals surface area (Å²) >= 11 is 0. The van der Waals surface area contributed by atoms with Gasteiger partial charge in [0, 0.05) is 12.3 Å². The number of amides is 1. The van der Waals surface area contributed by atoms with Gasteiger partial charge in [0.1, 0.15) is 24.5 Å². The quantitative estimate of drug-likeness (QED) is 0.517. The zero-order valence-electron chi connectivity index (χ0n) is 19.6. The third-order valence-corrected chi connectivity index (χ3v) is 6.69. The van der Waals surface area contributed by atoms with Gasteiger partial charge in [-0.25, -0.2) is 14.4 Å². The molecule has 36 heavy (non-hydrogen) atoms. The molecule has 2 atom stereocenters. The number of fused-ring (bicyclic) bond motifs is 3. The number of carbonyl (C=O) groups is 3. The molecule has 1 aliphatic carbocycles. The Morgan fingerprint density at radius 2 is 1.61 bits per heavy atom. The average Bonchev–Trinajstić information content (AvgIpc) is 3.46. The van der Waals surface area contributed by atoms with E-state index < -0.39 is 30.2 Å². The molecular formula is C28H25NO7. The van der Waals surface area contributed by atoms with Crippen LogP contribution in [0, 0.1) is 0 Å². The second-order valence-electron chi connectivity index (χ2n) is 8.80. The van der Waals surface area contributed by atoms with Crippen LogP contribution in [0.25, 0.3) is 11.1 Å². The van der Waals surface area contributed by atoms with Crippen molar-refractivity contribution in [3.05, 3.63) is 89.5 Å². The number of aromatic carboxylic acids is 1. The molecule has 1 fully saturated rings. The van der Waals surface area contributed by atoms with E-state index in [1.807, 2.05) is 36.4 Å². The first-order valence-electron chi connectivity index (χ1n) is 11.7. The summed E-state index contributed by atoms with van der Waals surface area (Å²) in [7, 11) is 1.27. The maximum atomic E-state index is 13.2. The first-order chi connectivity index (χ1) is 17.5. The minimum atomic E-state index is -1.07. The zero-order valence-corrected chi connectivity index (χ0v) is 19.6. The predicted molar refractivity (Wildman–Crippen MR) is 130 cm³/mol. The van der Waals surface area contributed by atoms with Crippen molar-refractivity contribution in [2.45, 2.75) is 24.5 Å². The molecule has 1 aliphatic heterocycles. The van der Waals surface area contributed by atoms with Crippen molar-refractivity contribution < 1.29 is 33.7 Å². The van der Waals surface area contributed by atoms with Crippen molar-refractivity contribution in [1.82, 2.24) is 4.90 Å². The molecule has 3 aromatic carbocycles. The molecule has 3 aromatic rings. The van der Waals surface area contributed by atoms with Gasteiger partial charge in [0.25, 0.3) is 0 Å². The summed E-state index contributed by atoms with van der Waals surface area (Å²) in [6.07, 6.45) is -0.954. The molecule has 1 heterocycles. The van der Waals surface area contributed by atoms with Crippen molar-refractivity contribution >= 4 is 18.0 Å². The van der Waals surface area contributed by atoms with Crippen molar-refractivity contribution in [3.8, 4) is 16.9 Å². The van der Waals surface area contributed by atoms with Gasteiger partial charge in [-0.1, -0.05) is 54.6 Å². The molecule has 0 unspecified atom stereocenters. The van der Waals surface area contributed by atoms with Gasteiger partial charge in [-0.3, -0.25) is 4.90 Å². The van der Waals surface area contributed by atoms with E-state index in [-0.39, 0.29) is 31.1 Å². The van der Waals surface area contributed by atoms with Crippen molar-refractivity contribution in [2.24, 2.45) is 0 Å². The molecule has 0 radical (unpaired) electrons. The van der Waals surface area contributed by atoms with Crippen LogP contribution in [0.15, 0.2) is 72.8 Å². The normalized spacial score (nSPS) is 18.3. The number of carboxylic acids is 1. The Bertz CT molecular complexity index is 1280. The molecule has 1 saturated heterocycles. The second kappa shape index (κ2) is 9.73. The number of hydrogen-bond acceptors (Lipinski definition) is 6. The lowest BCUT2D eigenvalue weighted by atomic mass is 9.98. The van der Waals surface area contributed by atoms with E-state index in [0.29, 0.717) is 5.75 Å². The first kappa shape index (κ1) is 23.4. The van der Waals surface area contributed by atoms with Gasteiger partial charge in [-0.05, 0) is 40.5 Å². The number of esters is 1. The third kappa shape index (κ3) is 4.37. The number of ether oxygens (including phenoxy) is 3. The SMILES string of the molecule is COC(=O)[C@@H]1C[C@H](Oc2cccc(C(=O)O)c2)CN1C(=O)OCC1c2ccccc2-c2ccccc21. The Morgan fingerprint density at radius 3 is 2.25 bits per heavy atom. The van der Waals surface area contributed by atoms with E-state index in [1.165, 1.54) is 24.1 Å². The zero-order chi connectivity index (χ0) is 25.2. The fourth-order valence-electron chi connectivity index (χ4n) is 5.02. The van der Waals surface area contributed by atoms with Crippen LogP contribution in [0.1, 0.15) is 33.8 Å². The van der Waals surface area contributed by atoms with Crippen molar-refractivity contribution in [2.75, 3.05) is 20.3 Å². The Labute approximate surface area is 208 Å². The summed E-state index contributed by atoms with van der Waals surface area (Å²) in [4.78, 5) is 38.2. The molecule has 5 rings (SSSR count). The van der Waals surface area contributed by atoms with Gasteiger partial charge in [-0.15, -0.1) is 0 Å². The molecular weight excluding hydrogens is 462 g/mol. The molecule has 0 aromatic heterocycles. The first-order valence-corrected chi connectivity index (χ1v) is 11.7. The molecule has 0 bridgehead atoms. The third-order valence-electron chi connectivity index (χ3n) is 6.69. The molecule has 2 aliphatic rings. The van der Waals surface area contributed by atoms with Crippen molar-refractivity contribution in [3.63, 3.8) is 0 Å². The molecule has 8 heteroatoms. The van der Waals surface area contributed by atoms with Crippen LogP contribution in [0.5, 0.6) is 5.75 Å². The highest BCUT2D eigenvalue weighted by Gasteiger charge is 2.43. The lowest BCUT2D eigenvalue weighted by Gasteiger charge is -2.23. The average molecular weight is 488 g/mol. The number of carbonyl (C=O) groups excluding carboxylic acids is 2. The molecule has 184 valence electrons. The van der Waals surface area contributed by atoms with E-state index in [0.717, 1.165) is 22.3 Å². The summed E-state index contributed by atoms with van der Waals surface area (Å²) in [5.41, 5.74) is 4.52. The summed E-state index contributed by atoms with van der Waals surface area (Å²) < 4.78 is 16.6. The fourth-order valence-corrected chi connectivity index (χ4v) is 5.02. The monoisotopic (exact) mass is 487 g/mol. The standard InChI is InChI=1S/C28H25NO7/c1-34-27(32)25-14-19(36-18-8-6-7-17(13-18)26(30)31)15-29(25)28(33)35-16-24-22-11-4-2-9-20(22)21-10-3-5-12-23(21)24/h2-13,19,24-25H,14-16H2,1H3,(H,30,31)/t19-,25-/m0/s1. The number of rotatable bonds is 6. The number of benzene rings is 3. The highest BCUT2D eigenvalue weighted by molar-refractivity contribution is 5.88. The van der Waals surface area contributed by atoms with Crippen LogP contribution >= 0.6 is 0 Å². The van der Waals surface area contributed by atoms with Gasteiger partial charge >= 0.3 is 18.0 Å². The molecule has 0 saturated carbocycles. The Kier molecular flexibility index (Phi) is 6.33. The van der Waals surface area contributed by atoms with E-state index in [2.05, 4.69) is 12.1 Å². The van der Waals surface area contributed by atoms with Crippen LogP contribution < -0.4 is 4.74 Å². The minimum Gasteiger partial charge on any atom is -0.488 e. The summed E-state index contributed by atoms with van der Waals surface area (Å²) in [6.45, 7) is 0.233. The highest BCUT2D eigenvalue weighted by atomic mass is 16.6. The van der Waals surface area contributed by atoms with Gasteiger partial charge in [0.05, 0.1) is 19.2 Å². The molecule has 1 N–H and O–H groups in total.